The van der Waals surface area contributed by atoms with Crippen LogP contribution in [0.25, 0.3) is 11.0 Å². The average Bonchev–Trinajstić information content (AvgIpc) is 3.00. The Morgan fingerprint density at radius 3 is 2.26 bits per heavy atom. The molecule has 0 aliphatic heterocycles. The van der Waals surface area contributed by atoms with Gasteiger partial charge in [-0.25, -0.2) is 4.98 Å². The molecule has 6 heteroatoms. The van der Waals surface area contributed by atoms with Gasteiger partial charge in [-0.2, -0.15) is 0 Å². The van der Waals surface area contributed by atoms with Gasteiger partial charge in [0.2, 0.25) is 11.8 Å². The number of nitrogens with zero attached hydrogens (tertiary/aromatic N) is 3. The molecule has 0 aliphatic carbocycles. The summed E-state index contributed by atoms with van der Waals surface area (Å²) in [6.07, 6.45) is 1.49. The van der Waals surface area contributed by atoms with Crippen molar-refractivity contribution in [3.05, 3.63) is 30.1 Å². The molecule has 1 aromatic carbocycles. The quantitative estimate of drug-likeness (QED) is 0.575. The summed E-state index contributed by atoms with van der Waals surface area (Å²) in [5.41, 5.74) is 1.50. The highest BCUT2D eigenvalue weighted by atomic mass is 16.2. The molecule has 172 valence electrons. The second-order valence-electron chi connectivity index (χ2n) is 10.3. The van der Waals surface area contributed by atoms with Crippen molar-refractivity contribution in [2.75, 3.05) is 19.6 Å². The second kappa shape index (κ2) is 10.8. The lowest BCUT2D eigenvalue weighted by molar-refractivity contribution is -0.133. The van der Waals surface area contributed by atoms with Gasteiger partial charge in [0, 0.05) is 31.5 Å². The molecule has 1 N–H and O–H groups in total. The summed E-state index contributed by atoms with van der Waals surface area (Å²) in [5, 5.41) is 3.00. The van der Waals surface area contributed by atoms with Crippen LogP contribution in [0.4, 0.5) is 0 Å². The van der Waals surface area contributed by atoms with E-state index in [1.807, 2.05) is 49.9 Å². The SMILES string of the molecule is CC(C)CN(CC(C)C)C(=O)Cn1c(CCCNC(=O)C(C)(C)C)nc2ccccc21. The molecule has 0 spiro atoms. The molecule has 2 aromatic rings. The number of carbonyl (C=O) groups excluding carboxylic acids is 2. The smallest absolute Gasteiger partial charge is 0.242 e. The summed E-state index contributed by atoms with van der Waals surface area (Å²) in [7, 11) is 0. The first-order chi connectivity index (χ1) is 14.5. The highest BCUT2D eigenvalue weighted by Crippen LogP contribution is 2.18. The highest BCUT2D eigenvalue weighted by Gasteiger charge is 2.21. The fourth-order valence-corrected chi connectivity index (χ4v) is 3.60. The zero-order valence-electron chi connectivity index (χ0n) is 20.4. The van der Waals surface area contributed by atoms with Gasteiger partial charge < -0.3 is 14.8 Å². The van der Waals surface area contributed by atoms with E-state index in [0.29, 0.717) is 31.3 Å². The number of hydrogen-bond donors (Lipinski definition) is 1. The first kappa shape index (κ1) is 24.9. The van der Waals surface area contributed by atoms with E-state index >= 15 is 0 Å². The highest BCUT2D eigenvalue weighted by molar-refractivity contribution is 5.82. The van der Waals surface area contributed by atoms with Crippen LogP contribution < -0.4 is 5.32 Å². The van der Waals surface area contributed by atoms with E-state index in [-0.39, 0.29) is 11.8 Å². The Labute approximate surface area is 187 Å². The van der Waals surface area contributed by atoms with Crippen molar-refractivity contribution in [3.63, 3.8) is 0 Å². The number of hydrogen-bond acceptors (Lipinski definition) is 3. The van der Waals surface area contributed by atoms with Crippen molar-refractivity contribution >= 4 is 22.8 Å². The molecule has 31 heavy (non-hydrogen) atoms. The van der Waals surface area contributed by atoms with E-state index in [2.05, 4.69) is 37.6 Å². The predicted octanol–water partition coefficient (Wildman–Crippen LogP) is 4.27. The molecule has 1 aromatic heterocycles. The Bertz CT molecular complexity index is 867. The van der Waals surface area contributed by atoms with Crippen LogP contribution in [0.2, 0.25) is 0 Å². The third-order valence-corrected chi connectivity index (χ3v) is 5.09. The average molecular weight is 429 g/mol. The van der Waals surface area contributed by atoms with Gasteiger partial charge >= 0.3 is 0 Å². The van der Waals surface area contributed by atoms with Crippen molar-refractivity contribution in [1.29, 1.82) is 0 Å². The van der Waals surface area contributed by atoms with Crippen LogP contribution in [-0.2, 0) is 22.6 Å². The number of amides is 2. The largest absolute Gasteiger partial charge is 0.356 e. The Balaban J connectivity index is 2.16. The second-order valence-corrected chi connectivity index (χ2v) is 10.3. The molecule has 0 bridgehead atoms. The summed E-state index contributed by atoms with van der Waals surface area (Å²) in [6.45, 7) is 16.7. The number of nitrogens with one attached hydrogen (secondary N) is 1. The maximum absolute atomic E-state index is 13.2. The zero-order chi connectivity index (χ0) is 23.2. The van der Waals surface area contributed by atoms with Crippen LogP contribution in [0.5, 0.6) is 0 Å². The third kappa shape index (κ3) is 7.37. The maximum atomic E-state index is 13.2. The molecule has 0 atom stereocenters. The number of imidazole rings is 1. The van der Waals surface area contributed by atoms with Gasteiger partial charge in [-0.1, -0.05) is 60.6 Å². The van der Waals surface area contributed by atoms with Crippen LogP contribution >= 0.6 is 0 Å². The molecule has 2 rings (SSSR count). The number of carbonyl (C=O) groups is 2. The molecular formula is C25H40N4O2. The van der Waals surface area contributed by atoms with Gasteiger partial charge in [-0.3, -0.25) is 9.59 Å². The molecule has 2 amide bonds. The Hall–Kier alpha value is -2.37. The van der Waals surface area contributed by atoms with Crippen LogP contribution in [0, 0.1) is 17.3 Å². The molecule has 0 unspecified atom stereocenters. The molecule has 0 fully saturated rings. The van der Waals surface area contributed by atoms with E-state index in [0.717, 1.165) is 36.4 Å². The molecule has 0 saturated carbocycles. The summed E-state index contributed by atoms with van der Waals surface area (Å²) in [4.78, 5) is 32.1. The lowest BCUT2D eigenvalue weighted by Crippen LogP contribution is -2.39. The van der Waals surface area contributed by atoms with Crippen LogP contribution in [0.15, 0.2) is 24.3 Å². The lowest BCUT2D eigenvalue weighted by Gasteiger charge is -2.27. The van der Waals surface area contributed by atoms with Crippen molar-refractivity contribution in [2.45, 2.75) is 67.9 Å². The summed E-state index contributed by atoms with van der Waals surface area (Å²) >= 11 is 0. The monoisotopic (exact) mass is 428 g/mol. The third-order valence-electron chi connectivity index (χ3n) is 5.09. The van der Waals surface area contributed by atoms with E-state index in [4.69, 9.17) is 4.98 Å². The van der Waals surface area contributed by atoms with Gasteiger partial charge in [0.15, 0.2) is 0 Å². The van der Waals surface area contributed by atoms with E-state index in [9.17, 15) is 9.59 Å². The van der Waals surface area contributed by atoms with Crippen molar-refractivity contribution in [3.8, 4) is 0 Å². The number of aryl methyl sites for hydroxylation is 1. The van der Waals surface area contributed by atoms with Gasteiger partial charge in [0.25, 0.3) is 0 Å². The Morgan fingerprint density at radius 1 is 1.06 bits per heavy atom. The minimum Gasteiger partial charge on any atom is -0.356 e. The molecule has 0 radical (unpaired) electrons. The number of para-hydroxylation sites is 2. The van der Waals surface area contributed by atoms with E-state index < -0.39 is 5.41 Å². The fourth-order valence-electron chi connectivity index (χ4n) is 3.60. The van der Waals surface area contributed by atoms with Crippen LogP contribution in [0.3, 0.4) is 0 Å². The number of fused-ring (bicyclic) bond motifs is 1. The maximum Gasteiger partial charge on any atom is 0.242 e. The van der Waals surface area contributed by atoms with E-state index in [1.54, 1.807) is 0 Å². The van der Waals surface area contributed by atoms with Crippen molar-refractivity contribution < 1.29 is 9.59 Å². The van der Waals surface area contributed by atoms with Gasteiger partial charge in [-0.05, 0) is 30.4 Å². The topological polar surface area (TPSA) is 67.2 Å². The van der Waals surface area contributed by atoms with E-state index in [1.165, 1.54) is 0 Å². The molecule has 0 saturated heterocycles. The minimum absolute atomic E-state index is 0.0502. The first-order valence-corrected chi connectivity index (χ1v) is 11.5. The predicted molar refractivity (Wildman–Crippen MR) is 127 cm³/mol. The molecular weight excluding hydrogens is 388 g/mol. The van der Waals surface area contributed by atoms with Crippen molar-refractivity contribution in [2.24, 2.45) is 17.3 Å². The Morgan fingerprint density at radius 2 is 1.68 bits per heavy atom. The number of rotatable bonds is 10. The number of aromatic nitrogens is 2. The van der Waals surface area contributed by atoms with Crippen LogP contribution in [-0.4, -0.2) is 45.9 Å². The van der Waals surface area contributed by atoms with Gasteiger partial charge in [0.1, 0.15) is 12.4 Å². The zero-order valence-corrected chi connectivity index (χ0v) is 20.4. The fraction of sp³-hybridized carbons (Fsp3) is 0.640. The van der Waals surface area contributed by atoms with Crippen molar-refractivity contribution in [1.82, 2.24) is 19.8 Å². The minimum atomic E-state index is -0.393. The van der Waals surface area contributed by atoms with Gasteiger partial charge in [0.05, 0.1) is 11.0 Å². The van der Waals surface area contributed by atoms with Gasteiger partial charge in [-0.15, -0.1) is 0 Å². The molecule has 6 nitrogen and oxygen atoms in total. The lowest BCUT2D eigenvalue weighted by atomic mass is 9.96. The summed E-state index contributed by atoms with van der Waals surface area (Å²) in [5.74, 6) is 1.93. The molecule has 1 heterocycles. The molecule has 0 aliphatic rings. The first-order valence-electron chi connectivity index (χ1n) is 11.5. The number of benzene rings is 1. The summed E-state index contributed by atoms with van der Waals surface area (Å²) < 4.78 is 2.05. The Kier molecular flexibility index (Phi) is 8.66. The van der Waals surface area contributed by atoms with Crippen LogP contribution in [0.1, 0.15) is 60.7 Å². The standard InChI is InChI=1S/C25H40N4O2/c1-18(2)15-28(16-19(3)4)23(30)17-29-21-12-9-8-11-20(21)27-22(29)13-10-14-26-24(31)25(5,6)7/h8-9,11-12,18-19H,10,13-17H2,1-7H3,(H,26,31). The normalized spacial score (nSPS) is 12.0. The summed E-state index contributed by atoms with van der Waals surface area (Å²) in [6, 6.07) is 7.97.